The van der Waals surface area contributed by atoms with Gasteiger partial charge in [0, 0.05) is 68.0 Å². The van der Waals surface area contributed by atoms with Crippen LogP contribution < -0.4 is 4.74 Å². The van der Waals surface area contributed by atoms with Crippen LogP contribution in [-0.4, -0.2) is 91.7 Å². The Balaban J connectivity index is 0.908. The first-order chi connectivity index (χ1) is 23.6. The smallest absolute Gasteiger partial charge is 0.276 e. The molecule has 3 aromatic carbocycles. The van der Waals surface area contributed by atoms with Gasteiger partial charge in [0.05, 0.1) is 22.5 Å². The first kappa shape index (κ1) is 29.7. The van der Waals surface area contributed by atoms with Crippen LogP contribution in [0.2, 0.25) is 0 Å². The van der Waals surface area contributed by atoms with Gasteiger partial charge in [0.2, 0.25) is 0 Å². The Kier molecular flexibility index (Phi) is 7.75. The molecular weight excluding hydrogens is 606 g/mol. The summed E-state index contributed by atoms with van der Waals surface area (Å²) in [5.74, 6) is 0.281. The predicted octanol–water partition coefficient (Wildman–Crippen LogP) is 4.93. The third-order valence-electron chi connectivity index (χ3n) is 9.33. The van der Waals surface area contributed by atoms with Crippen LogP contribution in [0, 0.1) is 0 Å². The lowest BCUT2D eigenvalue weighted by Gasteiger charge is -2.38. The lowest BCUT2D eigenvalue weighted by molar-refractivity contribution is -0.0223. The van der Waals surface area contributed by atoms with Crippen molar-refractivity contribution in [1.29, 1.82) is 0 Å². The van der Waals surface area contributed by atoms with Gasteiger partial charge < -0.3 is 9.94 Å². The summed E-state index contributed by atoms with van der Waals surface area (Å²) in [5, 5.41) is 21.0. The number of piperazine rings is 1. The highest BCUT2D eigenvalue weighted by Crippen LogP contribution is 2.35. The highest BCUT2D eigenvalue weighted by atomic mass is 16.5. The summed E-state index contributed by atoms with van der Waals surface area (Å²) < 4.78 is 7.98. The number of oxime groups is 1. The minimum Gasteiger partial charge on any atom is -0.492 e. The summed E-state index contributed by atoms with van der Waals surface area (Å²) >= 11 is 0. The molecule has 1 aliphatic carbocycles. The third kappa shape index (κ3) is 5.42. The topological polar surface area (TPSA) is 116 Å². The van der Waals surface area contributed by atoms with E-state index in [0.717, 1.165) is 77.6 Å². The maximum atomic E-state index is 12.8. The van der Waals surface area contributed by atoms with E-state index < -0.39 is 0 Å². The van der Waals surface area contributed by atoms with Crippen molar-refractivity contribution in [2.24, 2.45) is 5.16 Å². The molecule has 11 heteroatoms. The van der Waals surface area contributed by atoms with E-state index in [2.05, 4.69) is 27.2 Å². The number of imide groups is 1. The Bertz CT molecular complexity index is 2000. The number of carbonyl (C=O) groups is 2. The van der Waals surface area contributed by atoms with Crippen LogP contribution in [0.1, 0.15) is 38.3 Å². The van der Waals surface area contributed by atoms with E-state index in [1.807, 2.05) is 58.4 Å². The van der Waals surface area contributed by atoms with E-state index in [4.69, 9.17) is 9.84 Å². The monoisotopic (exact) mass is 639 g/mol. The molecule has 240 valence electrons. The first-order valence-corrected chi connectivity index (χ1v) is 16.1. The van der Waals surface area contributed by atoms with Crippen LogP contribution in [0.4, 0.5) is 0 Å². The lowest BCUT2D eigenvalue weighted by atomic mass is 9.98. The van der Waals surface area contributed by atoms with Crippen molar-refractivity contribution < 1.29 is 19.5 Å². The Morgan fingerprint density at radius 3 is 2.21 bits per heavy atom. The van der Waals surface area contributed by atoms with Crippen molar-refractivity contribution in [3.8, 4) is 33.8 Å². The molecule has 0 spiro atoms. The fourth-order valence-corrected chi connectivity index (χ4v) is 6.76. The zero-order valence-corrected chi connectivity index (χ0v) is 26.2. The van der Waals surface area contributed by atoms with Crippen LogP contribution in [0.3, 0.4) is 0 Å². The molecule has 48 heavy (non-hydrogen) atoms. The number of fused-ring (bicyclic) bond motifs is 2. The summed E-state index contributed by atoms with van der Waals surface area (Å²) in [4.78, 5) is 32.2. The Labute approximate surface area is 277 Å². The van der Waals surface area contributed by atoms with Crippen LogP contribution in [-0.2, 0) is 6.42 Å². The molecule has 1 N–H and O–H groups in total. The third-order valence-corrected chi connectivity index (χ3v) is 9.33. The zero-order chi connectivity index (χ0) is 32.6. The number of nitrogens with zero attached hydrogens (tertiary/aromatic N) is 7. The molecule has 0 bridgehead atoms. The van der Waals surface area contributed by atoms with E-state index in [1.165, 1.54) is 10.6 Å². The minimum absolute atomic E-state index is 0.244. The lowest BCUT2D eigenvalue weighted by Crippen LogP contribution is -2.55. The molecule has 0 radical (unpaired) electrons. The number of hydrogen-bond acceptors (Lipinski definition) is 9. The number of benzene rings is 3. The van der Waals surface area contributed by atoms with Gasteiger partial charge >= 0.3 is 0 Å². The summed E-state index contributed by atoms with van der Waals surface area (Å²) in [5.41, 5.74) is 8.63. The number of carbonyl (C=O) groups excluding carboxylic acids is 2. The highest BCUT2D eigenvalue weighted by molar-refractivity contribution is 6.21. The largest absolute Gasteiger partial charge is 0.492 e. The molecular formula is C37H33N7O4. The van der Waals surface area contributed by atoms with Crippen LogP contribution >= 0.6 is 0 Å². The van der Waals surface area contributed by atoms with Gasteiger partial charge in [0.15, 0.2) is 0 Å². The predicted molar refractivity (Wildman–Crippen MR) is 179 cm³/mol. The second-order valence-corrected chi connectivity index (χ2v) is 12.1. The molecule has 2 aliphatic heterocycles. The zero-order valence-electron chi connectivity index (χ0n) is 26.2. The maximum absolute atomic E-state index is 12.8. The van der Waals surface area contributed by atoms with Crippen molar-refractivity contribution >= 4 is 17.5 Å². The number of amides is 2. The number of ether oxygens (including phenoxy) is 1. The van der Waals surface area contributed by atoms with E-state index in [9.17, 15) is 14.8 Å². The van der Waals surface area contributed by atoms with Crippen molar-refractivity contribution in [1.82, 2.24) is 29.7 Å². The molecule has 4 heterocycles. The highest BCUT2D eigenvalue weighted by Gasteiger charge is 2.40. The van der Waals surface area contributed by atoms with Gasteiger partial charge in [-0.1, -0.05) is 35.5 Å². The first-order valence-electron chi connectivity index (χ1n) is 16.1. The molecule has 0 unspecified atom stereocenters. The molecule has 2 aromatic heterocycles. The molecule has 3 aliphatic rings. The maximum Gasteiger partial charge on any atom is 0.276 e. The summed E-state index contributed by atoms with van der Waals surface area (Å²) in [6.45, 7) is 3.91. The van der Waals surface area contributed by atoms with Gasteiger partial charge in [-0.25, -0.2) is 14.7 Å². The quantitative estimate of drug-likeness (QED) is 0.144. The SMILES string of the molecule is O=C1c2ccccc2C(=O)N1N1CCN(CCOc2ccc(-n3cc(-c4ccc5c(c4)CCC5=NO)c(-c4ccncc4)n3)cc2)CC1. The number of aryl methyl sites for hydroxylation is 1. The van der Waals surface area contributed by atoms with Gasteiger partial charge in [-0.15, -0.1) is 0 Å². The number of hydrazine groups is 1. The Morgan fingerprint density at radius 2 is 1.50 bits per heavy atom. The Morgan fingerprint density at radius 1 is 0.771 bits per heavy atom. The number of aromatic nitrogens is 3. The van der Waals surface area contributed by atoms with Crippen molar-refractivity contribution in [3.63, 3.8) is 0 Å². The molecule has 0 saturated carbocycles. The van der Waals surface area contributed by atoms with E-state index in [0.29, 0.717) is 30.8 Å². The molecule has 5 aromatic rings. The van der Waals surface area contributed by atoms with Gasteiger partial charge in [0.25, 0.3) is 11.8 Å². The van der Waals surface area contributed by atoms with Crippen molar-refractivity contribution in [2.45, 2.75) is 12.8 Å². The van der Waals surface area contributed by atoms with Gasteiger partial charge in [-0.05, 0) is 72.5 Å². The Hall–Kier alpha value is -5.65. The number of hydrogen-bond donors (Lipinski definition) is 1. The van der Waals surface area contributed by atoms with E-state index in [-0.39, 0.29) is 11.8 Å². The minimum atomic E-state index is -0.244. The van der Waals surface area contributed by atoms with Gasteiger partial charge in [0.1, 0.15) is 18.1 Å². The molecule has 8 rings (SSSR count). The fourth-order valence-electron chi connectivity index (χ4n) is 6.76. The van der Waals surface area contributed by atoms with E-state index >= 15 is 0 Å². The fraction of sp³-hybridized carbons (Fsp3) is 0.216. The molecule has 0 atom stereocenters. The van der Waals surface area contributed by atoms with Gasteiger partial charge in [-0.2, -0.15) is 5.10 Å². The standard InChI is InChI=1S/C37H33N7O4/c45-36-31-3-1-2-4-32(31)37(46)44(36)42-19-17-41(18-20-42)21-22-48-29-9-7-28(8-10-29)43-24-33(35(39-43)25-13-15-38-16-14-25)27-5-11-30-26(23-27)6-12-34(30)40-47/h1-5,7-11,13-16,23-24,47H,6,12,17-22H2. The van der Waals surface area contributed by atoms with E-state index in [1.54, 1.807) is 36.7 Å². The average Bonchev–Trinajstić information content (AvgIpc) is 3.83. The van der Waals surface area contributed by atoms with Crippen LogP contribution in [0.25, 0.3) is 28.1 Å². The molecule has 1 fully saturated rings. The second-order valence-electron chi connectivity index (χ2n) is 12.1. The molecule has 1 saturated heterocycles. The second kappa shape index (κ2) is 12.5. The van der Waals surface area contributed by atoms with Gasteiger partial charge in [-0.3, -0.25) is 19.5 Å². The average molecular weight is 640 g/mol. The number of rotatable bonds is 8. The summed E-state index contributed by atoms with van der Waals surface area (Å²) in [6.07, 6.45) is 7.16. The van der Waals surface area contributed by atoms with Crippen LogP contribution in [0.5, 0.6) is 5.75 Å². The van der Waals surface area contributed by atoms with Crippen molar-refractivity contribution in [3.05, 3.63) is 120 Å². The summed E-state index contributed by atoms with van der Waals surface area (Å²) in [7, 11) is 0. The van der Waals surface area contributed by atoms with Crippen LogP contribution in [0.15, 0.2) is 103 Å². The number of pyridine rings is 1. The normalized spacial score (nSPS) is 17.2. The molecule has 2 amide bonds. The summed E-state index contributed by atoms with van der Waals surface area (Å²) in [6, 6.07) is 25.1. The van der Waals surface area contributed by atoms with Crippen molar-refractivity contribution in [2.75, 3.05) is 39.3 Å². The molecule has 11 nitrogen and oxygen atoms in total.